The minimum atomic E-state index is -1.09. The number of ether oxygens (including phenoxy) is 2. The highest BCUT2D eigenvalue weighted by Crippen LogP contribution is 2.38. The number of phenolic OH excluding ortho intramolecular Hbond substituents is 1. The summed E-state index contributed by atoms with van der Waals surface area (Å²) in [7, 11) is 0. The molecule has 0 saturated carbocycles. The topological polar surface area (TPSA) is 105 Å². The number of rotatable bonds is 3. The SMILES string of the molecule is CC(C)(C)OC(=O)Nc1cc(C2(C(=O)O)CCOCC2)ccc1O. The molecule has 0 radical (unpaired) electrons. The van der Waals surface area contributed by atoms with Crippen molar-refractivity contribution in [1.29, 1.82) is 0 Å². The number of carbonyl (C=O) groups is 2. The predicted octanol–water partition coefficient (Wildman–Crippen LogP) is 2.87. The van der Waals surface area contributed by atoms with E-state index in [1.807, 2.05) is 0 Å². The van der Waals surface area contributed by atoms with Crippen LogP contribution in [0.1, 0.15) is 39.2 Å². The quantitative estimate of drug-likeness (QED) is 0.733. The number of anilines is 1. The summed E-state index contributed by atoms with van der Waals surface area (Å²) in [6, 6.07) is 4.43. The molecule has 7 nitrogen and oxygen atoms in total. The third kappa shape index (κ3) is 3.97. The van der Waals surface area contributed by atoms with Crippen LogP contribution in [0.25, 0.3) is 0 Å². The maximum Gasteiger partial charge on any atom is 0.412 e. The molecule has 2 rings (SSSR count). The molecule has 1 fully saturated rings. The fourth-order valence-corrected chi connectivity index (χ4v) is 2.69. The van der Waals surface area contributed by atoms with E-state index in [-0.39, 0.29) is 11.4 Å². The molecule has 7 heteroatoms. The Morgan fingerprint density at radius 3 is 2.42 bits per heavy atom. The van der Waals surface area contributed by atoms with Gasteiger partial charge in [-0.1, -0.05) is 6.07 Å². The van der Waals surface area contributed by atoms with Crippen molar-refractivity contribution >= 4 is 17.7 Å². The highest BCUT2D eigenvalue weighted by molar-refractivity contribution is 5.88. The number of aliphatic carboxylic acids is 1. The second-order valence-electron chi connectivity index (χ2n) is 6.86. The van der Waals surface area contributed by atoms with E-state index >= 15 is 0 Å². The van der Waals surface area contributed by atoms with Gasteiger partial charge in [0.15, 0.2) is 0 Å². The van der Waals surface area contributed by atoms with E-state index in [2.05, 4.69) is 5.32 Å². The first kappa shape index (κ1) is 18.1. The van der Waals surface area contributed by atoms with Crippen LogP contribution in [0.15, 0.2) is 18.2 Å². The molecule has 0 atom stereocenters. The molecule has 0 unspecified atom stereocenters. The Balaban J connectivity index is 2.30. The number of carboxylic acid groups (broad SMARTS) is 1. The zero-order chi connectivity index (χ0) is 18.0. The monoisotopic (exact) mass is 337 g/mol. The molecule has 1 aliphatic heterocycles. The Kier molecular flexibility index (Phi) is 5.03. The minimum absolute atomic E-state index is 0.119. The molecule has 1 aromatic rings. The van der Waals surface area contributed by atoms with Crippen molar-refractivity contribution in [3.63, 3.8) is 0 Å². The summed E-state index contributed by atoms with van der Waals surface area (Å²) in [5, 5.41) is 22.1. The fourth-order valence-electron chi connectivity index (χ4n) is 2.69. The molecular weight excluding hydrogens is 314 g/mol. The molecule has 0 aliphatic carbocycles. The van der Waals surface area contributed by atoms with Gasteiger partial charge in [-0.2, -0.15) is 0 Å². The van der Waals surface area contributed by atoms with Gasteiger partial charge in [-0.15, -0.1) is 0 Å². The third-order valence-corrected chi connectivity index (χ3v) is 3.94. The van der Waals surface area contributed by atoms with Crippen LogP contribution in [-0.4, -0.2) is 41.1 Å². The van der Waals surface area contributed by atoms with E-state index in [0.29, 0.717) is 31.6 Å². The van der Waals surface area contributed by atoms with Gasteiger partial charge in [-0.05, 0) is 51.3 Å². The molecule has 1 saturated heterocycles. The summed E-state index contributed by atoms with van der Waals surface area (Å²) in [4.78, 5) is 23.8. The zero-order valence-electron chi connectivity index (χ0n) is 14.1. The van der Waals surface area contributed by atoms with Gasteiger partial charge in [0.1, 0.15) is 11.4 Å². The summed E-state index contributed by atoms with van der Waals surface area (Å²) >= 11 is 0. The van der Waals surface area contributed by atoms with Gasteiger partial charge in [0.2, 0.25) is 0 Å². The molecule has 132 valence electrons. The lowest BCUT2D eigenvalue weighted by molar-refractivity contribution is -0.147. The highest BCUT2D eigenvalue weighted by Gasteiger charge is 2.42. The number of phenols is 1. The summed E-state index contributed by atoms with van der Waals surface area (Å²) in [6.45, 7) is 5.88. The van der Waals surface area contributed by atoms with E-state index in [1.165, 1.54) is 12.1 Å². The Labute approximate surface area is 140 Å². The maximum absolute atomic E-state index is 11.9. The lowest BCUT2D eigenvalue weighted by Gasteiger charge is -2.33. The van der Waals surface area contributed by atoms with Gasteiger partial charge in [-0.25, -0.2) is 4.79 Å². The van der Waals surface area contributed by atoms with E-state index in [4.69, 9.17) is 9.47 Å². The lowest BCUT2D eigenvalue weighted by Crippen LogP contribution is -2.41. The van der Waals surface area contributed by atoms with Crippen LogP contribution in [0.3, 0.4) is 0 Å². The average molecular weight is 337 g/mol. The van der Waals surface area contributed by atoms with E-state index in [1.54, 1.807) is 26.8 Å². The first-order valence-corrected chi connectivity index (χ1v) is 7.79. The molecule has 3 N–H and O–H groups in total. The Bertz CT molecular complexity index is 628. The number of aromatic hydroxyl groups is 1. The second-order valence-corrected chi connectivity index (χ2v) is 6.86. The summed E-state index contributed by atoms with van der Waals surface area (Å²) in [6.07, 6.45) is -0.0517. The van der Waals surface area contributed by atoms with Crippen molar-refractivity contribution in [1.82, 2.24) is 0 Å². The molecule has 24 heavy (non-hydrogen) atoms. The molecule has 1 aliphatic rings. The Morgan fingerprint density at radius 1 is 1.25 bits per heavy atom. The van der Waals surface area contributed by atoms with E-state index in [9.17, 15) is 19.8 Å². The standard InChI is InChI=1S/C17H23NO6/c1-16(2,3)24-15(22)18-12-10-11(4-5-13(12)19)17(14(20)21)6-8-23-9-7-17/h4-5,10,19H,6-9H2,1-3H3,(H,18,22)(H,20,21). The van der Waals surface area contributed by atoms with Gasteiger partial charge < -0.3 is 19.7 Å². The number of benzene rings is 1. The Hall–Kier alpha value is -2.28. The lowest BCUT2D eigenvalue weighted by atomic mass is 9.74. The van der Waals surface area contributed by atoms with Crippen molar-refractivity contribution < 1.29 is 29.3 Å². The van der Waals surface area contributed by atoms with E-state index in [0.717, 1.165) is 0 Å². The van der Waals surface area contributed by atoms with Gasteiger partial charge in [0.05, 0.1) is 11.1 Å². The van der Waals surface area contributed by atoms with Crippen LogP contribution in [0.2, 0.25) is 0 Å². The molecule has 0 bridgehead atoms. The summed E-state index contributed by atoms with van der Waals surface area (Å²) in [5.41, 5.74) is -1.13. The van der Waals surface area contributed by atoms with Crippen LogP contribution in [-0.2, 0) is 19.7 Å². The van der Waals surface area contributed by atoms with E-state index < -0.39 is 23.1 Å². The molecule has 1 aromatic carbocycles. The molecule has 1 amide bonds. The number of amides is 1. The minimum Gasteiger partial charge on any atom is -0.506 e. The largest absolute Gasteiger partial charge is 0.506 e. The number of carbonyl (C=O) groups excluding carboxylic acids is 1. The maximum atomic E-state index is 11.9. The smallest absolute Gasteiger partial charge is 0.412 e. The van der Waals surface area contributed by atoms with Crippen LogP contribution < -0.4 is 5.32 Å². The zero-order valence-corrected chi connectivity index (χ0v) is 14.1. The first-order valence-electron chi connectivity index (χ1n) is 7.79. The molecule has 1 heterocycles. The van der Waals surface area contributed by atoms with Crippen LogP contribution >= 0.6 is 0 Å². The number of hydrogen-bond donors (Lipinski definition) is 3. The van der Waals surface area contributed by atoms with Crippen LogP contribution in [0.5, 0.6) is 5.75 Å². The van der Waals surface area contributed by atoms with Gasteiger partial charge >= 0.3 is 12.1 Å². The summed E-state index contributed by atoms with van der Waals surface area (Å²) < 4.78 is 10.4. The highest BCUT2D eigenvalue weighted by atomic mass is 16.6. The van der Waals surface area contributed by atoms with Crippen molar-refractivity contribution in [3.05, 3.63) is 23.8 Å². The van der Waals surface area contributed by atoms with Crippen molar-refractivity contribution in [2.75, 3.05) is 18.5 Å². The fraction of sp³-hybridized carbons (Fsp3) is 0.529. The summed E-state index contributed by atoms with van der Waals surface area (Å²) in [5.74, 6) is -1.10. The van der Waals surface area contributed by atoms with Crippen molar-refractivity contribution in [3.8, 4) is 5.75 Å². The van der Waals surface area contributed by atoms with Gasteiger partial charge in [0, 0.05) is 13.2 Å². The van der Waals surface area contributed by atoms with Gasteiger partial charge in [0.25, 0.3) is 0 Å². The normalized spacial score (nSPS) is 17.1. The van der Waals surface area contributed by atoms with Crippen molar-refractivity contribution in [2.45, 2.75) is 44.6 Å². The van der Waals surface area contributed by atoms with Gasteiger partial charge in [-0.3, -0.25) is 10.1 Å². The number of nitrogens with one attached hydrogen (secondary N) is 1. The third-order valence-electron chi connectivity index (χ3n) is 3.94. The predicted molar refractivity (Wildman–Crippen MR) is 87.3 cm³/mol. The van der Waals surface area contributed by atoms with Crippen LogP contribution in [0.4, 0.5) is 10.5 Å². The number of carboxylic acids is 1. The molecular formula is C17H23NO6. The second kappa shape index (κ2) is 6.68. The Morgan fingerprint density at radius 2 is 1.88 bits per heavy atom. The number of hydrogen-bond acceptors (Lipinski definition) is 5. The molecule has 0 aromatic heterocycles. The van der Waals surface area contributed by atoms with Crippen LogP contribution in [0, 0.1) is 0 Å². The van der Waals surface area contributed by atoms with Crippen molar-refractivity contribution in [2.24, 2.45) is 0 Å². The average Bonchev–Trinajstić information content (AvgIpc) is 2.48. The first-order chi connectivity index (χ1) is 11.1. The molecule has 0 spiro atoms.